The Kier molecular flexibility index (Phi) is 5.87. The molecule has 0 spiro atoms. The van der Waals surface area contributed by atoms with Gasteiger partial charge < -0.3 is 10.0 Å². The average Bonchev–Trinajstić information content (AvgIpc) is 3.31. The summed E-state index contributed by atoms with van der Waals surface area (Å²) in [5.41, 5.74) is 3.94. The van der Waals surface area contributed by atoms with Gasteiger partial charge in [0.15, 0.2) is 5.13 Å². The van der Waals surface area contributed by atoms with Crippen molar-refractivity contribution in [2.24, 2.45) is 5.41 Å². The first kappa shape index (κ1) is 22.2. The van der Waals surface area contributed by atoms with E-state index in [2.05, 4.69) is 9.88 Å². The van der Waals surface area contributed by atoms with Crippen LogP contribution in [0.4, 0.5) is 9.52 Å². The molecule has 4 aromatic rings. The summed E-state index contributed by atoms with van der Waals surface area (Å²) < 4.78 is 13.3. The van der Waals surface area contributed by atoms with Gasteiger partial charge in [0.1, 0.15) is 5.82 Å². The van der Waals surface area contributed by atoms with Gasteiger partial charge in [-0.15, -0.1) is 0 Å². The molecule has 1 N–H and O–H groups in total. The van der Waals surface area contributed by atoms with E-state index in [0.29, 0.717) is 13.0 Å². The van der Waals surface area contributed by atoms with Gasteiger partial charge in [-0.05, 0) is 49.1 Å². The lowest BCUT2D eigenvalue weighted by atomic mass is 9.82. The standard InChI is InChI=1S/C27H24FN3O2S/c1-27(25(32)33)13-3-15-31(17-27)26-30-23(24(34-26)21-4-2-14-29-16-21)20-7-5-18(6-8-20)19-9-11-22(28)12-10-19/h2,4-12,14,16H,3,13,15,17H2,1H3,(H,32,33). The first-order valence-corrected chi connectivity index (χ1v) is 12.0. The molecule has 2 aromatic heterocycles. The van der Waals surface area contributed by atoms with Gasteiger partial charge in [0.05, 0.1) is 16.0 Å². The van der Waals surface area contributed by atoms with Crippen LogP contribution < -0.4 is 4.90 Å². The van der Waals surface area contributed by atoms with Gasteiger partial charge in [-0.3, -0.25) is 9.78 Å². The zero-order chi connectivity index (χ0) is 23.7. The molecule has 1 aliphatic heterocycles. The number of benzene rings is 2. The maximum atomic E-state index is 13.3. The topological polar surface area (TPSA) is 66.3 Å². The smallest absolute Gasteiger partial charge is 0.311 e. The van der Waals surface area contributed by atoms with Crippen LogP contribution in [0.15, 0.2) is 73.1 Å². The highest BCUT2D eigenvalue weighted by molar-refractivity contribution is 7.19. The highest BCUT2D eigenvalue weighted by Gasteiger charge is 2.39. The van der Waals surface area contributed by atoms with Crippen molar-refractivity contribution in [3.8, 4) is 32.8 Å². The number of carboxylic acid groups (broad SMARTS) is 1. The van der Waals surface area contributed by atoms with Crippen LogP contribution in [0.5, 0.6) is 0 Å². The van der Waals surface area contributed by atoms with E-state index in [4.69, 9.17) is 4.98 Å². The van der Waals surface area contributed by atoms with E-state index in [0.717, 1.165) is 50.9 Å². The molecule has 0 bridgehead atoms. The summed E-state index contributed by atoms with van der Waals surface area (Å²) in [6.45, 7) is 3.03. The fourth-order valence-electron chi connectivity index (χ4n) is 4.37. The molecule has 0 aliphatic carbocycles. The molecule has 1 saturated heterocycles. The molecular formula is C27H24FN3O2S. The molecule has 3 heterocycles. The summed E-state index contributed by atoms with van der Waals surface area (Å²) in [7, 11) is 0. The molecule has 2 aromatic carbocycles. The van der Waals surface area contributed by atoms with Crippen LogP contribution in [0.3, 0.4) is 0 Å². The molecule has 0 radical (unpaired) electrons. The van der Waals surface area contributed by atoms with Gasteiger partial charge >= 0.3 is 5.97 Å². The molecule has 1 unspecified atom stereocenters. The summed E-state index contributed by atoms with van der Waals surface area (Å²) >= 11 is 1.57. The predicted octanol–water partition coefficient (Wildman–Crippen LogP) is 6.37. The third-order valence-electron chi connectivity index (χ3n) is 6.36. The number of carbonyl (C=O) groups is 1. The quantitative estimate of drug-likeness (QED) is 0.365. The first-order valence-electron chi connectivity index (χ1n) is 11.2. The summed E-state index contributed by atoms with van der Waals surface area (Å²) in [4.78, 5) is 24.2. The molecule has 1 fully saturated rings. The Bertz CT molecular complexity index is 1310. The zero-order valence-corrected chi connectivity index (χ0v) is 19.6. The van der Waals surface area contributed by atoms with Crippen LogP contribution >= 0.6 is 11.3 Å². The first-order chi connectivity index (χ1) is 16.4. The number of thiazole rings is 1. The predicted molar refractivity (Wildman–Crippen MR) is 133 cm³/mol. The molecule has 34 heavy (non-hydrogen) atoms. The van der Waals surface area contributed by atoms with Crippen molar-refractivity contribution in [1.29, 1.82) is 0 Å². The van der Waals surface area contributed by atoms with Crippen molar-refractivity contribution in [2.75, 3.05) is 18.0 Å². The maximum absolute atomic E-state index is 13.3. The molecule has 5 rings (SSSR count). The number of aliphatic carboxylic acids is 1. The van der Waals surface area contributed by atoms with Gasteiger partial charge in [-0.1, -0.05) is 53.8 Å². The number of pyridine rings is 1. The number of hydrogen-bond acceptors (Lipinski definition) is 5. The van der Waals surface area contributed by atoms with Crippen LogP contribution in [-0.4, -0.2) is 34.1 Å². The molecule has 5 nitrogen and oxygen atoms in total. The van der Waals surface area contributed by atoms with Crippen molar-refractivity contribution >= 4 is 22.4 Å². The van der Waals surface area contributed by atoms with E-state index in [9.17, 15) is 14.3 Å². The highest BCUT2D eigenvalue weighted by Crippen LogP contribution is 2.42. The Morgan fingerprint density at radius 2 is 1.71 bits per heavy atom. The van der Waals surface area contributed by atoms with Crippen LogP contribution in [0.2, 0.25) is 0 Å². The molecule has 1 atom stereocenters. The lowest BCUT2D eigenvalue weighted by Gasteiger charge is -2.37. The maximum Gasteiger partial charge on any atom is 0.311 e. The monoisotopic (exact) mass is 473 g/mol. The molecule has 0 amide bonds. The normalized spacial score (nSPS) is 18.1. The fourth-order valence-corrected chi connectivity index (χ4v) is 5.48. The van der Waals surface area contributed by atoms with Crippen molar-refractivity contribution in [1.82, 2.24) is 9.97 Å². The summed E-state index contributed by atoms with van der Waals surface area (Å²) in [5, 5.41) is 10.6. The van der Waals surface area contributed by atoms with Gasteiger partial charge in [0.2, 0.25) is 0 Å². The summed E-state index contributed by atoms with van der Waals surface area (Å²) in [5.74, 6) is -1.02. The minimum Gasteiger partial charge on any atom is -0.481 e. The molecule has 172 valence electrons. The van der Waals surface area contributed by atoms with E-state index in [1.54, 1.807) is 29.7 Å². The Hall–Kier alpha value is -3.58. The van der Waals surface area contributed by atoms with Crippen molar-refractivity contribution in [3.05, 3.63) is 78.9 Å². The van der Waals surface area contributed by atoms with Gasteiger partial charge in [-0.2, -0.15) is 0 Å². The molecule has 0 saturated carbocycles. The average molecular weight is 474 g/mol. The van der Waals surface area contributed by atoms with E-state index < -0.39 is 11.4 Å². The van der Waals surface area contributed by atoms with Gasteiger partial charge in [-0.25, -0.2) is 9.37 Å². The zero-order valence-electron chi connectivity index (χ0n) is 18.7. The van der Waals surface area contributed by atoms with Crippen LogP contribution in [-0.2, 0) is 4.79 Å². The number of aromatic nitrogens is 2. The largest absolute Gasteiger partial charge is 0.481 e. The second-order valence-electron chi connectivity index (χ2n) is 8.89. The molecule has 1 aliphatic rings. The number of piperidine rings is 1. The van der Waals surface area contributed by atoms with Gasteiger partial charge in [0, 0.05) is 36.6 Å². The van der Waals surface area contributed by atoms with E-state index in [1.807, 2.05) is 49.5 Å². The second kappa shape index (κ2) is 8.99. The van der Waals surface area contributed by atoms with Crippen molar-refractivity contribution in [2.45, 2.75) is 19.8 Å². The third-order valence-corrected chi connectivity index (χ3v) is 7.52. The lowest BCUT2D eigenvalue weighted by molar-refractivity contribution is -0.148. The minimum atomic E-state index is -0.782. The summed E-state index contributed by atoms with van der Waals surface area (Å²) in [6, 6.07) is 18.4. The second-order valence-corrected chi connectivity index (χ2v) is 9.87. The molecular weight excluding hydrogens is 449 g/mol. The molecule has 7 heteroatoms. The lowest BCUT2D eigenvalue weighted by Crippen LogP contribution is -2.46. The third kappa shape index (κ3) is 4.31. The Labute approximate surface area is 201 Å². The van der Waals surface area contributed by atoms with Crippen LogP contribution in [0.1, 0.15) is 19.8 Å². The number of anilines is 1. The Balaban J connectivity index is 1.53. The number of carboxylic acids is 1. The number of rotatable bonds is 5. The van der Waals surface area contributed by atoms with Crippen molar-refractivity contribution < 1.29 is 14.3 Å². The van der Waals surface area contributed by atoms with E-state index in [-0.39, 0.29) is 5.82 Å². The van der Waals surface area contributed by atoms with Crippen LogP contribution in [0.25, 0.3) is 32.8 Å². The van der Waals surface area contributed by atoms with Gasteiger partial charge in [0.25, 0.3) is 0 Å². The fraction of sp³-hybridized carbons (Fsp3) is 0.222. The van der Waals surface area contributed by atoms with E-state index >= 15 is 0 Å². The Morgan fingerprint density at radius 1 is 1.03 bits per heavy atom. The Morgan fingerprint density at radius 3 is 2.35 bits per heavy atom. The van der Waals surface area contributed by atoms with Crippen molar-refractivity contribution in [3.63, 3.8) is 0 Å². The SMILES string of the molecule is CC1(C(=O)O)CCCN(c2nc(-c3ccc(-c4ccc(F)cc4)cc3)c(-c3cccnc3)s2)C1. The summed E-state index contributed by atoms with van der Waals surface area (Å²) in [6.07, 6.45) is 5.04. The van der Waals surface area contributed by atoms with Crippen LogP contribution in [0, 0.1) is 11.2 Å². The highest BCUT2D eigenvalue weighted by atomic mass is 32.1. The number of halogens is 1. The van der Waals surface area contributed by atoms with E-state index in [1.165, 1.54) is 12.1 Å². The minimum absolute atomic E-state index is 0.256. The number of hydrogen-bond donors (Lipinski definition) is 1. The number of nitrogens with zero attached hydrogens (tertiary/aromatic N) is 3.